The van der Waals surface area contributed by atoms with E-state index in [1.165, 1.54) is 12.1 Å². The predicted molar refractivity (Wildman–Crippen MR) is 91.3 cm³/mol. The van der Waals surface area contributed by atoms with Crippen LogP contribution in [0.4, 0.5) is 15.8 Å². The van der Waals surface area contributed by atoms with Gasteiger partial charge >= 0.3 is 0 Å². The van der Waals surface area contributed by atoms with Crippen molar-refractivity contribution in [1.29, 1.82) is 0 Å². The lowest BCUT2D eigenvalue weighted by Gasteiger charge is -2.16. The van der Waals surface area contributed by atoms with Crippen LogP contribution in [-0.2, 0) is 4.79 Å². The van der Waals surface area contributed by atoms with Crippen LogP contribution in [0.15, 0.2) is 47.4 Å². The summed E-state index contributed by atoms with van der Waals surface area (Å²) in [7, 11) is 0. The topological polar surface area (TPSA) is 41.1 Å². The highest BCUT2D eigenvalue weighted by atomic mass is 35.5. The van der Waals surface area contributed by atoms with Crippen molar-refractivity contribution in [1.82, 2.24) is 0 Å². The van der Waals surface area contributed by atoms with Crippen molar-refractivity contribution in [3.8, 4) is 0 Å². The highest BCUT2D eigenvalue weighted by molar-refractivity contribution is 7.98. The Bertz CT molecular complexity index is 681. The Morgan fingerprint density at radius 2 is 2.00 bits per heavy atom. The van der Waals surface area contributed by atoms with E-state index in [9.17, 15) is 9.18 Å². The minimum absolute atomic E-state index is 0.0188. The molecule has 0 saturated carbocycles. The summed E-state index contributed by atoms with van der Waals surface area (Å²) in [6, 6.07) is 11.4. The second-order valence-electron chi connectivity index (χ2n) is 4.68. The van der Waals surface area contributed by atoms with E-state index in [2.05, 4.69) is 10.6 Å². The minimum atomic E-state index is -0.489. The van der Waals surface area contributed by atoms with Crippen LogP contribution >= 0.6 is 23.4 Å². The Morgan fingerprint density at radius 1 is 1.27 bits per heavy atom. The van der Waals surface area contributed by atoms with E-state index in [1.807, 2.05) is 30.5 Å². The van der Waals surface area contributed by atoms with Gasteiger partial charge in [-0.2, -0.15) is 0 Å². The fourth-order valence-electron chi connectivity index (χ4n) is 1.89. The summed E-state index contributed by atoms with van der Waals surface area (Å²) in [5.41, 5.74) is 1.36. The van der Waals surface area contributed by atoms with Crippen LogP contribution in [-0.4, -0.2) is 18.2 Å². The van der Waals surface area contributed by atoms with Gasteiger partial charge in [-0.25, -0.2) is 4.39 Å². The molecule has 2 N–H and O–H groups in total. The zero-order valence-electron chi connectivity index (χ0n) is 12.2. The molecule has 0 radical (unpaired) electrons. The second-order valence-corrected chi connectivity index (χ2v) is 5.94. The van der Waals surface area contributed by atoms with Crippen molar-refractivity contribution in [3.05, 3.63) is 53.3 Å². The third-order valence-electron chi connectivity index (χ3n) is 3.06. The maximum absolute atomic E-state index is 13.1. The molecule has 0 aliphatic carbocycles. The van der Waals surface area contributed by atoms with Gasteiger partial charge in [0.05, 0.1) is 10.7 Å². The first-order chi connectivity index (χ1) is 10.5. The van der Waals surface area contributed by atoms with Gasteiger partial charge in [0.1, 0.15) is 11.9 Å². The molecule has 116 valence electrons. The van der Waals surface area contributed by atoms with Crippen LogP contribution in [0.2, 0.25) is 5.02 Å². The molecular formula is C16H16ClFN2OS. The van der Waals surface area contributed by atoms with Crippen molar-refractivity contribution in [2.45, 2.75) is 17.9 Å². The molecule has 6 heteroatoms. The summed E-state index contributed by atoms with van der Waals surface area (Å²) in [6.45, 7) is 1.73. The summed E-state index contributed by atoms with van der Waals surface area (Å²) in [4.78, 5) is 13.2. The van der Waals surface area contributed by atoms with Crippen LogP contribution in [0.25, 0.3) is 0 Å². The molecule has 0 aliphatic rings. The SMILES string of the molecule is CSc1ccccc1NC(=O)[C@@H](C)Nc1ccc(F)c(Cl)c1. The van der Waals surface area contributed by atoms with Gasteiger partial charge in [0.25, 0.3) is 0 Å². The maximum Gasteiger partial charge on any atom is 0.246 e. The highest BCUT2D eigenvalue weighted by Crippen LogP contribution is 2.25. The van der Waals surface area contributed by atoms with Crippen molar-refractivity contribution in [2.24, 2.45) is 0 Å². The first-order valence-electron chi connectivity index (χ1n) is 6.66. The quantitative estimate of drug-likeness (QED) is 0.780. The van der Waals surface area contributed by atoms with Crippen LogP contribution in [0, 0.1) is 5.82 Å². The molecule has 0 bridgehead atoms. The first kappa shape index (κ1) is 16.6. The number of rotatable bonds is 5. The van der Waals surface area contributed by atoms with Crippen molar-refractivity contribution >= 4 is 40.6 Å². The zero-order chi connectivity index (χ0) is 16.1. The number of carbonyl (C=O) groups is 1. The Morgan fingerprint density at radius 3 is 2.68 bits per heavy atom. The van der Waals surface area contributed by atoms with Gasteiger partial charge in [0, 0.05) is 10.6 Å². The van der Waals surface area contributed by atoms with E-state index in [-0.39, 0.29) is 10.9 Å². The minimum Gasteiger partial charge on any atom is -0.374 e. The fraction of sp³-hybridized carbons (Fsp3) is 0.188. The summed E-state index contributed by atoms with van der Waals surface area (Å²) in [5, 5.41) is 5.89. The number of hydrogen-bond acceptors (Lipinski definition) is 3. The molecule has 0 spiro atoms. The number of hydrogen-bond donors (Lipinski definition) is 2. The molecule has 2 rings (SSSR count). The smallest absolute Gasteiger partial charge is 0.246 e. The molecule has 3 nitrogen and oxygen atoms in total. The summed E-state index contributed by atoms with van der Waals surface area (Å²) in [6.07, 6.45) is 1.95. The number of halogens is 2. The van der Waals surface area contributed by atoms with E-state index in [0.29, 0.717) is 5.69 Å². The van der Waals surface area contributed by atoms with E-state index in [0.717, 1.165) is 10.6 Å². The largest absolute Gasteiger partial charge is 0.374 e. The molecule has 1 atom stereocenters. The molecule has 0 aromatic heterocycles. The molecule has 0 fully saturated rings. The predicted octanol–water partition coefficient (Wildman–Crippen LogP) is 4.64. The Hall–Kier alpha value is -1.72. The Balaban J connectivity index is 2.04. The Labute approximate surface area is 138 Å². The molecule has 0 saturated heterocycles. The number of carbonyl (C=O) groups excluding carboxylic acids is 1. The lowest BCUT2D eigenvalue weighted by atomic mass is 10.2. The van der Waals surface area contributed by atoms with Gasteiger partial charge < -0.3 is 10.6 Å². The number of anilines is 2. The van der Waals surface area contributed by atoms with Crippen LogP contribution in [0.5, 0.6) is 0 Å². The number of amides is 1. The fourth-order valence-corrected chi connectivity index (χ4v) is 2.62. The van der Waals surface area contributed by atoms with Gasteiger partial charge in [0.2, 0.25) is 5.91 Å². The average molecular weight is 339 g/mol. The monoisotopic (exact) mass is 338 g/mol. The lowest BCUT2D eigenvalue weighted by molar-refractivity contribution is -0.116. The standard InChI is InChI=1S/C16H16ClFN2OS/c1-10(19-11-7-8-13(18)12(17)9-11)16(21)20-14-5-3-4-6-15(14)22-2/h3-10,19H,1-2H3,(H,20,21)/t10-/m1/s1. The average Bonchev–Trinajstić information content (AvgIpc) is 2.51. The van der Waals surface area contributed by atoms with E-state index < -0.39 is 11.9 Å². The second kappa shape index (κ2) is 7.51. The number of thioether (sulfide) groups is 1. The first-order valence-corrected chi connectivity index (χ1v) is 8.27. The Kier molecular flexibility index (Phi) is 5.69. The summed E-state index contributed by atoms with van der Waals surface area (Å²) < 4.78 is 13.1. The molecule has 0 heterocycles. The molecule has 22 heavy (non-hydrogen) atoms. The normalized spacial score (nSPS) is 11.8. The number of nitrogens with one attached hydrogen (secondary N) is 2. The van der Waals surface area contributed by atoms with Crippen LogP contribution in [0.3, 0.4) is 0 Å². The molecule has 1 amide bonds. The molecular weight excluding hydrogens is 323 g/mol. The molecule has 0 aliphatic heterocycles. The molecule has 2 aromatic carbocycles. The van der Waals surface area contributed by atoms with E-state index >= 15 is 0 Å². The summed E-state index contributed by atoms with van der Waals surface area (Å²) >= 11 is 7.29. The van der Waals surface area contributed by atoms with Crippen LogP contribution < -0.4 is 10.6 Å². The zero-order valence-corrected chi connectivity index (χ0v) is 13.8. The van der Waals surface area contributed by atoms with Crippen LogP contribution in [0.1, 0.15) is 6.92 Å². The van der Waals surface area contributed by atoms with Gasteiger partial charge in [-0.3, -0.25) is 4.79 Å². The highest BCUT2D eigenvalue weighted by Gasteiger charge is 2.14. The van der Waals surface area contributed by atoms with E-state index in [1.54, 1.807) is 24.8 Å². The third-order valence-corrected chi connectivity index (χ3v) is 4.15. The van der Waals surface area contributed by atoms with E-state index in [4.69, 9.17) is 11.6 Å². The number of benzene rings is 2. The van der Waals surface area contributed by atoms with Gasteiger partial charge in [-0.1, -0.05) is 23.7 Å². The summed E-state index contributed by atoms with van der Waals surface area (Å²) in [5.74, 6) is -0.667. The van der Waals surface area contributed by atoms with Gasteiger partial charge in [-0.05, 0) is 43.5 Å². The molecule has 0 unspecified atom stereocenters. The van der Waals surface area contributed by atoms with Crippen molar-refractivity contribution in [3.63, 3.8) is 0 Å². The van der Waals surface area contributed by atoms with Gasteiger partial charge in [-0.15, -0.1) is 11.8 Å². The van der Waals surface area contributed by atoms with Crippen molar-refractivity contribution in [2.75, 3.05) is 16.9 Å². The number of para-hydroxylation sites is 1. The maximum atomic E-state index is 13.1. The lowest BCUT2D eigenvalue weighted by Crippen LogP contribution is -2.32. The molecule has 2 aromatic rings. The van der Waals surface area contributed by atoms with Crippen molar-refractivity contribution < 1.29 is 9.18 Å². The van der Waals surface area contributed by atoms with Gasteiger partial charge in [0.15, 0.2) is 0 Å². The third kappa shape index (κ3) is 4.15.